The number of halogens is 3. The van der Waals surface area contributed by atoms with E-state index in [1.54, 1.807) is 13.2 Å². The fraction of sp³-hybridized carbons (Fsp3) is 0.357. The predicted octanol–water partition coefficient (Wildman–Crippen LogP) is 5.96. The van der Waals surface area contributed by atoms with Gasteiger partial charge in [0.25, 0.3) is 0 Å². The fourth-order valence-corrected chi connectivity index (χ4v) is 4.64. The van der Waals surface area contributed by atoms with Crippen LogP contribution in [0.4, 0.5) is 19.0 Å². The lowest BCUT2D eigenvalue weighted by atomic mass is 9.83. The van der Waals surface area contributed by atoms with Crippen LogP contribution in [-0.4, -0.2) is 46.3 Å². The Morgan fingerprint density at radius 1 is 1.08 bits per heavy atom. The van der Waals surface area contributed by atoms with Gasteiger partial charge in [0.05, 0.1) is 19.8 Å². The van der Waals surface area contributed by atoms with E-state index in [-0.39, 0.29) is 18.0 Å². The SMILES string of the molecule is COC(=O)c1nc(NCCC2CCC2)c2c(n1)nc(-c1cccc(OC)c1)n2Cc1ccc(C(F)(F)F)cc1. The number of aromatic nitrogens is 4. The molecule has 2 aromatic carbocycles. The molecule has 0 aliphatic heterocycles. The number of nitrogens with one attached hydrogen (secondary N) is 1. The number of hydrogen-bond donors (Lipinski definition) is 1. The van der Waals surface area contributed by atoms with Crippen molar-refractivity contribution in [2.45, 2.75) is 38.4 Å². The van der Waals surface area contributed by atoms with Gasteiger partial charge in [0.2, 0.25) is 5.82 Å². The van der Waals surface area contributed by atoms with E-state index in [0.29, 0.717) is 46.5 Å². The average molecular weight is 540 g/mol. The Balaban J connectivity index is 1.64. The molecule has 5 rings (SSSR count). The number of nitrogens with zero attached hydrogens (tertiary/aromatic N) is 4. The monoisotopic (exact) mass is 539 g/mol. The second kappa shape index (κ2) is 10.9. The molecule has 1 fully saturated rings. The smallest absolute Gasteiger partial charge is 0.416 e. The molecular formula is C28H28F3N5O3. The molecule has 8 nitrogen and oxygen atoms in total. The van der Waals surface area contributed by atoms with Gasteiger partial charge in [-0.3, -0.25) is 0 Å². The molecule has 1 aliphatic rings. The molecule has 0 saturated heterocycles. The van der Waals surface area contributed by atoms with E-state index in [2.05, 4.69) is 15.3 Å². The second-order valence-electron chi connectivity index (χ2n) is 9.52. The van der Waals surface area contributed by atoms with Crippen LogP contribution in [0.25, 0.3) is 22.6 Å². The standard InChI is InChI=1S/C28H28F3N5O3/c1-38-21-8-4-7-19(15-21)26-35-24-22(36(26)16-18-9-11-20(12-10-18)28(29,30)31)23(32-14-13-17-5-3-6-17)33-25(34-24)27(37)39-2/h4,7-12,15,17H,3,5-6,13-14,16H2,1-2H3,(H,32,33,34). The minimum Gasteiger partial charge on any atom is -0.497 e. The quantitative estimate of drug-likeness (QED) is 0.263. The van der Waals surface area contributed by atoms with Crippen molar-refractivity contribution < 1.29 is 27.4 Å². The van der Waals surface area contributed by atoms with Crippen LogP contribution < -0.4 is 10.1 Å². The molecule has 2 aromatic heterocycles. The van der Waals surface area contributed by atoms with Crippen molar-refractivity contribution in [3.05, 3.63) is 65.5 Å². The zero-order valence-electron chi connectivity index (χ0n) is 21.6. The van der Waals surface area contributed by atoms with Crippen molar-refractivity contribution in [3.63, 3.8) is 0 Å². The van der Waals surface area contributed by atoms with Gasteiger partial charge in [-0.1, -0.05) is 43.5 Å². The second-order valence-corrected chi connectivity index (χ2v) is 9.52. The van der Waals surface area contributed by atoms with Crippen molar-refractivity contribution in [2.24, 2.45) is 5.92 Å². The average Bonchev–Trinajstić information content (AvgIpc) is 3.27. The van der Waals surface area contributed by atoms with Crippen molar-refractivity contribution in [3.8, 4) is 17.1 Å². The third-order valence-electron chi connectivity index (χ3n) is 6.99. The molecule has 4 aromatic rings. The predicted molar refractivity (Wildman–Crippen MR) is 140 cm³/mol. The molecule has 0 spiro atoms. The summed E-state index contributed by atoms with van der Waals surface area (Å²) in [5, 5.41) is 3.36. The Hall–Kier alpha value is -4.15. The Kier molecular flexibility index (Phi) is 7.40. The van der Waals surface area contributed by atoms with E-state index in [1.807, 2.05) is 22.8 Å². The number of benzene rings is 2. The Bertz CT molecular complexity index is 1480. The van der Waals surface area contributed by atoms with Crippen LogP contribution in [0.1, 0.15) is 47.4 Å². The topological polar surface area (TPSA) is 91.2 Å². The zero-order valence-corrected chi connectivity index (χ0v) is 21.6. The van der Waals surface area contributed by atoms with E-state index >= 15 is 0 Å². The molecule has 204 valence electrons. The van der Waals surface area contributed by atoms with Crippen LogP contribution in [0.2, 0.25) is 0 Å². The molecule has 0 bridgehead atoms. The molecule has 0 atom stereocenters. The van der Waals surface area contributed by atoms with E-state index in [4.69, 9.17) is 14.5 Å². The highest BCUT2D eigenvalue weighted by atomic mass is 19.4. The van der Waals surface area contributed by atoms with E-state index in [1.165, 1.54) is 38.5 Å². The normalized spacial score (nSPS) is 13.8. The van der Waals surface area contributed by atoms with Crippen LogP contribution in [0.3, 0.4) is 0 Å². The maximum atomic E-state index is 13.2. The minimum absolute atomic E-state index is 0.132. The molecule has 2 heterocycles. The summed E-state index contributed by atoms with van der Waals surface area (Å²) < 4.78 is 51.6. The van der Waals surface area contributed by atoms with E-state index in [0.717, 1.165) is 18.6 Å². The number of hydrogen-bond acceptors (Lipinski definition) is 7. The van der Waals surface area contributed by atoms with Crippen molar-refractivity contribution >= 4 is 23.0 Å². The van der Waals surface area contributed by atoms with E-state index < -0.39 is 17.7 Å². The zero-order chi connectivity index (χ0) is 27.6. The summed E-state index contributed by atoms with van der Waals surface area (Å²) in [6.45, 7) is 0.830. The van der Waals surface area contributed by atoms with Crippen molar-refractivity contribution in [2.75, 3.05) is 26.1 Å². The Morgan fingerprint density at radius 3 is 2.49 bits per heavy atom. The van der Waals surface area contributed by atoms with Gasteiger partial charge in [0, 0.05) is 18.7 Å². The highest BCUT2D eigenvalue weighted by Gasteiger charge is 2.30. The number of fused-ring (bicyclic) bond motifs is 1. The van der Waals surface area contributed by atoms with Gasteiger partial charge >= 0.3 is 12.1 Å². The summed E-state index contributed by atoms with van der Waals surface area (Å²) in [4.78, 5) is 26.0. The minimum atomic E-state index is -4.43. The summed E-state index contributed by atoms with van der Waals surface area (Å²) in [5.41, 5.74) is 1.41. The lowest BCUT2D eigenvalue weighted by Gasteiger charge is -2.25. The van der Waals surface area contributed by atoms with E-state index in [9.17, 15) is 18.0 Å². The number of ether oxygens (including phenoxy) is 2. The molecule has 0 unspecified atom stereocenters. The van der Waals surface area contributed by atoms with Crippen molar-refractivity contribution in [1.82, 2.24) is 19.5 Å². The first-order chi connectivity index (χ1) is 18.8. The number of methoxy groups -OCH3 is 2. The lowest BCUT2D eigenvalue weighted by molar-refractivity contribution is -0.137. The maximum absolute atomic E-state index is 13.2. The van der Waals surface area contributed by atoms with Crippen LogP contribution in [0.5, 0.6) is 5.75 Å². The van der Waals surface area contributed by atoms with Crippen LogP contribution in [0, 0.1) is 5.92 Å². The molecule has 0 amide bonds. The van der Waals surface area contributed by atoms with Gasteiger partial charge in [0.1, 0.15) is 17.1 Å². The number of imidazole rings is 1. The van der Waals surface area contributed by atoms with Crippen LogP contribution in [-0.2, 0) is 17.5 Å². The molecule has 39 heavy (non-hydrogen) atoms. The Morgan fingerprint density at radius 2 is 1.85 bits per heavy atom. The van der Waals surface area contributed by atoms with Crippen LogP contribution >= 0.6 is 0 Å². The first kappa shape index (κ1) is 26.5. The number of rotatable bonds is 9. The Labute approximate surface area is 223 Å². The fourth-order valence-electron chi connectivity index (χ4n) is 4.64. The highest BCUT2D eigenvalue weighted by molar-refractivity contribution is 5.93. The molecular weight excluding hydrogens is 511 g/mol. The van der Waals surface area contributed by atoms with Crippen LogP contribution in [0.15, 0.2) is 48.5 Å². The maximum Gasteiger partial charge on any atom is 0.416 e. The summed E-state index contributed by atoms with van der Waals surface area (Å²) in [6.07, 6.45) is 0.148. The molecule has 11 heteroatoms. The molecule has 0 radical (unpaired) electrons. The van der Waals surface area contributed by atoms with Gasteiger partial charge < -0.3 is 19.4 Å². The number of carbonyl (C=O) groups excluding carboxylic acids is 1. The van der Waals surface area contributed by atoms with Crippen molar-refractivity contribution in [1.29, 1.82) is 0 Å². The van der Waals surface area contributed by atoms with Gasteiger partial charge in [-0.25, -0.2) is 19.7 Å². The third-order valence-corrected chi connectivity index (χ3v) is 6.99. The highest BCUT2D eigenvalue weighted by Crippen LogP contribution is 2.33. The molecule has 1 aliphatic carbocycles. The summed E-state index contributed by atoms with van der Waals surface area (Å²) in [5.74, 6) is 1.35. The first-order valence-electron chi connectivity index (χ1n) is 12.7. The molecule has 1 saturated carbocycles. The van der Waals surface area contributed by atoms with Gasteiger partial charge in [-0.05, 0) is 42.2 Å². The number of esters is 1. The summed E-state index contributed by atoms with van der Waals surface area (Å²) in [6, 6.07) is 12.3. The molecule has 1 N–H and O–H groups in total. The number of carbonyl (C=O) groups is 1. The summed E-state index contributed by atoms with van der Waals surface area (Å²) in [7, 11) is 2.81. The van der Waals surface area contributed by atoms with Gasteiger partial charge in [0.15, 0.2) is 11.5 Å². The van der Waals surface area contributed by atoms with Gasteiger partial charge in [-0.2, -0.15) is 13.2 Å². The summed E-state index contributed by atoms with van der Waals surface area (Å²) >= 11 is 0. The van der Waals surface area contributed by atoms with Gasteiger partial charge in [-0.15, -0.1) is 0 Å². The largest absolute Gasteiger partial charge is 0.497 e. The number of alkyl halides is 3. The number of anilines is 1. The lowest BCUT2D eigenvalue weighted by Crippen LogP contribution is -2.17. The third kappa shape index (κ3) is 5.67. The first-order valence-corrected chi connectivity index (χ1v) is 12.7.